The molecule has 2 N–H and O–H groups in total. The monoisotopic (exact) mass is 338 g/mol. The van der Waals surface area contributed by atoms with Gasteiger partial charge in [0.1, 0.15) is 5.75 Å². The molecule has 24 heavy (non-hydrogen) atoms. The summed E-state index contributed by atoms with van der Waals surface area (Å²) in [6, 6.07) is 10.8. The van der Waals surface area contributed by atoms with Crippen LogP contribution in [-0.4, -0.2) is 12.4 Å². The van der Waals surface area contributed by atoms with E-state index in [1.165, 1.54) is 18.2 Å². The van der Waals surface area contributed by atoms with Gasteiger partial charge in [-0.15, -0.1) is 13.2 Å². The fraction of sp³-hybridized carbons (Fsp3) is 0.235. The molecule has 2 aromatic rings. The number of carbonyl (C=O) groups excluding carboxylic acids is 1. The Balaban J connectivity index is 2.01. The summed E-state index contributed by atoms with van der Waals surface area (Å²) in [6.45, 7) is 3.65. The van der Waals surface area contributed by atoms with Crippen molar-refractivity contribution in [3.8, 4) is 5.75 Å². The van der Waals surface area contributed by atoms with E-state index in [1.807, 2.05) is 32.0 Å². The normalized spacial score (nSPS) is 11.0. The first kappa shape index (κ1) is 17.7. The number of aryl methyl sites for hydroxylation is 2. The zero-order chi connectivity index (χ0) is 17.7. The minimum atomic E-state index is -4.78. The summed E-state index contributed by atoms with van der Waals surface area (Å²) in [5, 5.41) is 5.20. The number of amides is 2. The first-order chi connectivity index (χ1) is 11.2. The standard InChI is InChI=1S/C17H17F3N2O2/c1-11-7-8-12(2)14(9-11)22-16(23)21-10-13-5-3-4-6-15(13)24-17(18,19)20/h3-9H,10H2,1-2H3,(H2,21,22,23). The molecule has 0 bridgehead atoms. The Kier molecular flexibility index (Phi) is 5.33. The van der Waals surface area contributed by atoms with Crippen molar-refractivity contribution in [2.75, 3.05) is 5.32 Å². The molecule has 0 aromatic heterocycles. The van der Waals surface area contributed by atoms with Gasteiger partial charge >= 0.3 is 12.4 Å². The third-order valence-corrected chi connectivity index (χ3v) is 3.28. The van der Waals surface area contributed by atoms with Gasteiger partial charge in [0.05, 0.1) is 0 Å². The van der Waals surface area contributed by atoms with Gasteiger partial charge in [0.25, 0.3) is 0 Å². The quantitative estimate of drug-likeness (QED) is 0.861. The van der Waals surface area contributed by atoms with Gasteiger partial charge in [-0.2, -0.15) is 0 Å². The molecule has 0 aliphatic heterocycles. The molecule has 2 amide bonds. The average molecular weight is 338 g/mol. The molecular formula is C17H17F3N2O2. The number of halogens is 3. The fourth-order valence-electron chi connectivity index (χ4n) is 2.09. The van der Waals surface area contributed by atoms with E-state index in [-0.39, 0.29) is 17.9 Å². The molecule has 0 radical (unpaired) electrons. The minimum Gasteiger partial charge on any atom is -0.405 e. The van der Waals surface area contributed by atoms with Crippen LogP contribution in [0.4, 0.5) is 23.7 Å². The van der Waals surface area contributed by atoms with Gasteiger partial charge in [-0.1, -0.05) is 30.3 Å². The van der Waals surface area contributed by atoms with E-state index in [1.54, 1.807) is 6.07 Å². The number of rotatable bonds is 4. The number of urea groups is 1. The predicted octanol–water partition coefficient (Wildman–Crippen LogP) is 4.52. The van der Waals surface area contributed by atoms with Crippen molar-refractivity contribution in [1.29, 1.82) is 0 Å². The summed E-state index contributed by atoms with van der Waals surface area (Å²) < 4.78 is 41.1. The lowest BCUT2D eigenvalue weighted by molar-refractivity contribution is -0.274. The van der Waals surface area contributed by atoms with Crippen molar-refractivity contribution in [1.82, 2.24) is 5.32 Å². The Hall–Kier alpha value is -2.70. The molecule has 0 atom stereocenters. The van der Waals surface area contributed by atoms with Gasteiger partial charge in [-0.3, -0.25) is 0 Å². The number of ether oxygens (including phenoxy) is 1. The molecule has 0 spiro atoms. The lowest BCUT2D eigenvalue weighted by atomic mass is 10.1. The van der Waals surface area contributed by atoms with Crippen LogP contribution in [0.5, 0.6) is 5.75 Å². The van der Waals surface area contributed by atoms with E-state index in [9.17, 15) is 18.0 Å². The second-order valence-electron chi connectivity index (χ2n) is 5.28. The van der Waals surface area contributed by atoms with Crippen LogP contribution in [0.1, 0.15) is 16.7 Å². The lowest BCUT2D eigenvalue weighted by Gasteiger charge is -2.14. The number of nitrogens with one attached hydrogen (secondary N) is 2. The van der Waals surface area contributed by atoms with E-state index in [2.05, 4.69) is 15.4 Å². The van der Waals surface area contributed by atoms with Crippen LogP contribution in [0.3, 0.4) is 0 Å². The number of carbonyl (C=O) groups is 1. The summed E-state index contributed by atoms with van der Waals surface area (Å²) in [4.78, 5) is 12.0. The number of hydrogen-bond acceptors (Lipinski definition) is 2. The molecule has 0 saturated carbocycles. The van der Waals surface area contributed by atoms with Gasteiger partial charge in [0.2, 0.25) is 0 Å². The van der Waals surface area contributed by atoms with Crippen LogP contribution >= 0.6 is 0 Å². The van der Waals surface area contributed by atoms with Crippen molar-refractivity contribution in [3.63, 3.8) is 0 Å². The second kappa shape index (κ2) is 7.25. The van der Waals surface area contributed by atoms with Gasteiger partial charge in [-0.05, 0) is 37.1 Å². The largest absolute Gasteiger partial charge is 0.573 e. The number of alkyl halides is 3. The lowest BCUT2D eigenvalue weighted by Crippen LogP contribution is -2.29. The van der Waals surface area contributed by atoms with E-state index >= 15 is 0 Å². The van der Waals surface area contributed by atoms with Crippen LogP contribution in [0.25, 0.3) is 0 Å². The molecular weight excluding hydrogens is 321 g/mol. The van der Waals surface area contributed by atoms with Gasteiger partial charge < -0.3 is 15.4 Å². The Bertz CT molecular complexity index is 730. The fourth-order valence-corrected chi connectivity index (χ4v) is 2.09. The van der Waals surface area contributed by atoms with Crippen molar-refractivity contribution in [2.45, 2.75) is 26.8 Å². The van der Waals surface area contributed by atoms with E-state index in [0.29, 0.717) is 5.69 Å². The SMILES string of the molecule is Cc1ccc(C)c(NC(=O)NCc2ccccc2OC(F)(F)F)c1. The zero-order valence-corrected chi connectivity index (χ0v) is 13.2. The number of para-hydroxylation sites is 1. The topological polar surface area (TPSA) is 50.4 Å². The first-order valence-corrected chi connectivity index (χ1v) is 7.20. The average Bonchev–Trinajstić information content (AvgIpc) is 2.48. The van der Waals surface area contributed by atoms with E-state index < -0.39 is 12.4 Å². The smallest absolute Gasteiger partial charge is 0.405 e. The maximum absolute atomic E-state index is 12.4. The molecule has 7 heteroatoms. The van der Waals surface area contributed by atoms with Crippen LogP contribution in [0, 0.1) is 13.8 Å². The maximum Gasteiger partial charge on any atom is 0.573 e. The van der Waals surface area contributed by atoms with Gasteiger partial charge in [0, 0.05) is 17.8 Å². The summed E-state index contributed by atoms with van der Waals surface area (Å²) in [6.07, 6.45) is -4.78. The number of benzene rings is 2. The Labute approximate surface area is 137 Å². The van der Waals surface area contributed by atoms with Gasteiger partial charge in [0.15, 0.2) is 0 Å². The third kappa shape index (κ3) is 5.19. The number of anilines is 1. The highest BCUT2D eigenvalue weighted by Crippen LogP contribution is 2.26. The van der Waals surface area contributed by atoms with Crippen LogP contribution in [0.15, 0.2) is 42.5 Å². The summed E-state index contributed by atoms with van der Waals surface area (Å²) in [5.74, 6) is -0.336. The van der Waals surface area contributed by atoms with Crippen molar-refractivity contribution in [2.24, 2.45) is 0 Å². The van der Waals surface area contributed by atoms with E-state index in [4.69, 9.17) is 0 Å². The molecule has 128 valence electrons. The Morgan fingerprint density at radius 1 is 1.12 bits per heavy atom. The predicted molar refractivity (Wildman–Crippen MR) is 84.9 cm³/mol. The Morgan fingerprint density at radius 3 is 2.54 bits per heavy atom. The molecule has 0 unspecified atom stereocenters. The van der Waals surface area contributed by atoms with Crippen LogP contribution in [-0.2, 0) is 6.54 Å². The molecule has 4 nitrogen and oxygen atoms in total. The maximum atomic E-state index is 12.4. The Morgan fingerprint density at radius 2 is 1.83 bits per heavy atom. The number of hydrogen-bond donors (Lipinski definition) is 2. The highest BCUT2D eigenvalue weighted by Gasteiger charge is 2.31. The molecule has 0 heterocycles. The highest BCUT2D eigenvalue weighted by molar-refractivity contribution is 5.90. The van der Waals surface area contributed by atoms with Crippen molar-refractivity contribution < 1.29 is 22.7 Å². The molecule has 0 aliphatic carbocycles. The van der Waals surface area contributed by atoms with E-state index in [0.717, 1.165) is 11.1 Å². The molecule has 0 aliphatic rings. The molecule has 2 aromatic carbocycles. The zero-order valence-electron chi connectivity index (χ0n) is 13.2. The van der Waals surface area contributed by atoms with Crippen molar-refractivity contribution >= 4 is 11.7 Å². The summed E-state index contributed by atoms with van der Waals surface area (Å²) in [5.41, 5.74) is 2.75. The summed E-state index contributed by atoms with van der Waals surface area (Å²) >= 11 is 0. The first-order valence-electron chi connectivity index (χ1n) is 7.20. The molecule has 2 rings (SSSR count). The van der Waals surface area contributed by atoms with Crippen molar-refractivity contribution in [3.05, 3.63) is 59.2 Å². The van der Waals surface area contributed by atoms with Crippen LogP contribution < -0.4 is 15.4 Å². The molecule has 0 fully saturated rings. The van der Waals surface area contributed by atoms with Crippen LogP contribution in [0.2, 0.25) is 0 Å². The van der Waals surface area contributed by atoms with Gasteiger partial charge in [-0.25, -0.2) is 4.79 Å². The third-order valence-electron chi connectivity index (χ3n) is 3.28. The molecule has 0 saturated heterocycles. The second-order valence-corrected chi connectivity index (χ2v) is 5.28. The summed E-state index contributed by atoms with van der Waals surface area (Å²) in [7, 11) is 0. The minimum absolute atomic E-state index is 0.0943. The highest BCUT2D eigenvalue weighted by atomic mass is 19.4.